The molecule has 22 heavy (non-hydrogen) atoms. The fourth-order valence-corrected chi connectivity index (χ4v) is 2.43. The number of aryl methyl sites for hydroxylation is 2. The molecule has 0 unspecified atom stereocenters. The van der Waals surface area contributed by atoms with Crippen LogP contribution in [-0.2, 0) is 4.84 Å². The van der Waals surface area contributed by atoms with Gasteiger partial charge >= 0.3 is 0 Å². The summed E-state index contributed by atoms with van der Waals surface area (Å²) in [6.07, 6.45) is 1.49. The number of hydrogen-bond acceptors (Lipinski definition) is 4. The van der Waals surface area contributed by atoms with E-state index in [-0.39, 0.29) is 5.91 Å². The van der Waals surface area contributed by atoms with Gasteiger partial charge in [0.1, 0.15) is 7.11 Å². The lowest BCUT2D eigenvalue weighted by Crippen LogP contribution is -2.36. The van der Waals surface area contributed by atoms with Crippen LogP contribution in [0.5, 0.6) is 0 Å². The van der Waals surface area contributed by atoms with Gasteiger partial charge < -0.3 is 9.25 Å². The van der Waals surface area contributed by atoms with E-state index in [1.807, 2.05) is 39.0 Å². The number of amides is 1. The first-order valence-electron chi connectivity index (χ1n) is 7.02. The first-order chi connectivity index (χ1) is 10.5. The van der Waals surface area contributed by atoms with Crippen LogP contribution in [0.3, 0.4) is 0 Å². The van der Waals surface area contributed by atoms with E-state index in [1.54, 1.807) is 17.0 Å². The molecule has 0 spiro atoms. The van der Waals surface area contributed by atoms with E-state index < -0.39 is 0 Å². The van der Waals surface area contributed by atoms with Gasteiger partial charge in [-0.25, -0.2) is 0 Å². The topological polar surface area (TPSA) is 55.0 Å². The summed E-state index contributed by atoms with van der Waals surface area (Å²) in [5.74, 6) is 0.0981. The van der Waals surface area contributed by atoms with Crippen LogP contribution >= 0.6 is 0 Å². The van der Waals surface area contributed by atoms with Crippen LogP contribution in [-0.4, -0.2) is 25.3 Å². The van der Waals surface area contributed by atoms with Gasteiger partial charge in [-0.1, -0.05) is 23.4 Å². The molecular formula is C17H20N2O3. The second-order valence-electron chi connectivity index (χ2n) is 5.12. The number of anilines is 1. The van der Waals surface area contributed by atoms with Crippen molar-refractivity contribution in [2.45, 2.75) is 20.8 Å². The molecule has 0 fully saturated rings. The van der Waals surface area contributed by atoms with Crippen molar-refractivity contribution < 1.29 is 14.0 Å². The fraction of sp³-hybridized carbons (Fsp3) is 0.294. The lowest BCUT2D eigenvalue weighted by atomic mass is 10.1. The minimum atomic E-state index is -0.201. The molecule has 1 heterocycles. The van der Waals surface area contributed by atoms with Crippen LogP contribution in [0.4, 0.5) is 5.69 Å². The first kappa shape index (κ1) is 15.8. The SMILES string of the molecule is CON=C(C)CN(C(=O)c1ccco1)c1c(C)cccc1C. The van der Waals surface area contributed by atoms with E-state index in [0.29, 0.717) is 18.0 Å². The highest BCUT2D eigenvalue weighted by Crippen LogP contribution is 2.26. The highest BCUT2D eigenvalue weighted by Gasteiger charge is 2.23. The maximum Gasteiger partial charge on any atom is 0.294 e. The summed E-state index contributed by atoms with van der Waals surface area (Å²) in [7, 11) is 1.49. The van der Waals surface area contributed by atoms with Crippen molar-refractivity contribution >= 4 is 17.3 Å². The van der Waals surface area contributed by atoms with Crippen LogP contribution in [0.2, 0.25) is 0 Å². The molecule has 0 aliphatic rings. The second kappa shape index (κ2) is 6.93. The van der Waals surface area contributed by atoms with Crippen molar-refractivity contribution in [1.29, 1.82) is 0 Å². The van der Waals surface area contributed by atoms with E-state index in [4.69, 9.17) is 9.25 Å². The van der Waals surface area contributed by atoms with Gasteiger partial charge in [0, 0.05) is 0 Å². The van der Waals surface area contributed by atoms with E-state index in [2.05, 4.69) is 5.16 Å². The quantitative estimate of drug-likeness (QED) is 0.626. The highest BCUT2D eigenvalue weighted by molar-refractivity contribution is 6.08. The number of nitrogens with zero attached hydrogens (tertiary/aromatic N) is 2. The van der Waals surface area contributed by atoms with Crippen LogP contribution in [0.25, 0.3) is 0 Å². The zero-order valence-electron chi connectivity index (χ0n) is 13.3. The molecule has 116 valence electrons. The minimum Gasteiger partial charge on any atom is -0.459 e. The predicted molar refractivity (Wildman–Crippen MR) is 86.4 cm³/mol. The molecule has 2 rings (SSSR count). The summed E-state index contributed by atoms with van der Waals surface area (Å²) in [4.78, 5) is 19.3. The number of oxime groups is 1. The zero-order chi connectivity index (χ0) is 16.1. The molecule has 0 aliphatic heterocycles. The molecule has 1 aromatic heterocycles. The average Bonchev–Trinajstić information content (AvgIpc) is 2.99. The van der Waals surface area contributed by atoms with Crippen LogP contribution in [0.15, 0.2) is 46.2 Å². The number of para-hydroxylation sites is 1. The molecule has 0 saturated heterocycles. The van der Waals surface area contributed by atoms with Gasteiger partial charge in [0.15, 0.2) is 5.76 Å². The first-order valence-corrected chi connectivity index (χ1v) is 7.02. The zero-order valence-corrected chi connectivity index (χ0v) is 13.3. The van der Waals surface area contributed by atoms with Crippen molar-refractivity contribution in [3.63, 3.8) is 0 Å². The molecule has 1 amide bonds. The standard InChI is InChI=1S/C17H20N2O3/c1-12-7-5-8-13(2)16(12)19(11-14(3)18-21-4)17(20)15-9-6-10-22-15/h5-10H,11H2,1-4H3. The molecule has 5 heteroatoms. The molecule has 5 nitrogen and oxygen atoms in total. The summed E-state index contributed by atoms with van der Waals surface area (Å²) in [5, 5.41) is 3.91. The smallest absolute Gasteiger partial charge is 0.294 e. The monoisotopic (exact) mass is 300 g/mol. The lowest BCUT2D eigenvalue weighted by Gasteiger charge is -2.25. The van der Waals surface area contributed by atoms with Gasteiger partial charge in [-0.15, -0.1) is 0 Å². The van der Waals surface area contributed by atoms with Gasteiger partial charge in [-0.2, -0.15) is 0 Å². The van der Waals surface area contributed by atoms with E-state index in [0.717, 1.165) is 16.8 Å². The highest BCUT2D eigenvalue weighted by atomic mass is 16.6. The third kappa shape index (κ3) is 3.36. The Balaban J connectivity index is 2.46. The predicted octanol–water partition coefficient (Wildman–Crippen LogP) is 3.57. The van der Waals surface area contributed by atoms with Gasteiger partial charge in [0.2, 0.25) is 0 Å². The van der Waals surface area contributed by atoms with Crippen molar-refractivity contribution in [3.8, 4) is 0 Å². The number of rotatable bonds is 5. The number of carbonyl (C=O) groups is 1. The Labute approximate surface area is 130 Å². The number of hydrogen-bond donors (Lipinski definition) is 0. The summed E-state index contributed by atoms with van der Waals surface area (Å²) >= 11 is 0. The summed E-state index contributed by atoms with van der Waals surface area (Å²) in [5.41, 5.74) is 3.61. The number of benzene rings is 1. The molecule has 0 atom stereocenters. The van der Waals surface area contributed by atoms with Crippen molar-refractivity contribution in [1.82, 2.24) is 0 Å². The van der Waals surface area contributed by atoms with E-state index in [1.165, 1.54) is 13.4 Å². The average molecular weight is 300 g/mol. The maximum atomic E-state index is 12.8. The summed E-state index contributed by atoms with van der Waals surface area (Å²) < 4.78 is 5.26. The summed E-state index contributed by atoms with van der Waals surface area (Å²) in [6.45, 7) is 6.11. The molecule has 0 N–H and O–H groups in total. The maximum absolute atomic E-state index is 12.8. The van der Waals surface area contributed by atoms with Gasteiger partial charge in [-0.3, -0.25) is 9.69 Å². The second-order valence-corrected chi connectivity index (χ2v) is 5.12. The largest absolute Gasteiger partial charge is 0.459 e. The molecule has 2 aromatic rings. The van der Waals surface area contributed by atoms with Gasteiger partial charge in [0.25, 0.3) is 5.91 Å². The van der Waals surface area contributed by atoms with E-state index in [9.17, 15) is 4.79 Å². The lowest BCUT2D eigenvalue weighted by molar-refractivity contribution is 0.0963. The van der Waals surface area contributed by atoms with Gasteiger partial charge in [-0.05, 0) is 44.0 Å². The van der Waals surface area contributed by atoms with E-state index >= 15 is 0 Å². The van der Waals surface area contributed by atoms with Crippen molar-refractivity contribution in [2.75, 3.05) is 18.6 Å². The Hall–Kier alpha value is -2.56. The molecule has 0 radical (unpaired) electrons. The number of carbonyl (C=O) groups excluding carboxylic acids is 1. The third-order valence-electron chi connectivity index (χ3n) is 3.32. The molecule has 1 aromatic carbocycles. The Bertz CT molecular complexity index is 655. The number of furan rings is 1. The Kier molecular flexibility index (Phi) is 4.99. The molecule has 0 saturated carbocycles. The fourth-order valence-electron chi connectivity index (χ4n) is 2.43. The Morgan fingerprint density at radius 3 is 2.45 bits per heavy atom. The normalized spacial score (nSPS) is 11.4. The molecular weight excluding hydrogens is 280 g/mol. The van der Waals surface area contributed by atoms with Crippen molar-refractivity contribution in [3.05, 3.63) is 53.5 Å². The molecule has 0 aliphatic carbocycles. The molecule has 0 bridgehead atoms. The Morgan fingerprint density at radius 2 is 1.91 bits per heavy atom. The Morgan fingerprint density at radius 1 is 1.23 bits per heavy atom. The van der Waals surface area contributed by atoms with Gasteiger partial charge in [0.05, 0.1) is 24.2 Å². The van der Waals surface area contributed by atoms with Crippen molar-refractivity contribution in [2.24, 2.45) is 5.16 Å². The summed E-state index contributed by atoms with van der Waals surface area (Å²) in [6, 6.07) is 9.29. The minimum absolute atomic E-state index is 0.201. The van der Waals surface area contributed by atoms with Crippen LogP contribution < -0.4 is 4.90 Å². The van der Waals surface area contributed by atoms with Crippen LogP contribution in [0, 0.1) is 13.8 Å². The van der Waals surface area contributed by atoms with Crippen LogP contribution in [0.1, 0.15) is 28.6 Å². The third-order valence-corrected chi connectivity index (χ3v) is 3.32.